The molecule has 1 saturated carbocycles. The monoisotopic (exact) mass is 331 g/mol. The molecule has 6 nitrogen and oxygen atoms in total. The molecule has 1 unspecified atom stereocenters. The van der Waals surface area contributed by atoms with Crippen molar-refractivity contribution in [1.29, 1.82) is 0 Å². The topological polar surface area (TPSA) is 79.6 Å². The third-order valence-corrected chi connectivity index (χ3v) is 5.12. The van der Waals surface area contributed by atoms with Crippen molar-refractivity contribution in [3.63, 3.8) is 0 Å². The van der Waals surface area contributed by atoms with Crippen molar-refractivity contribution in [2.24, 2.45) is 5.41 Å². The normalized spacial score (nSPS) is 25.1. The molecule has 1 aliphatic rings. The number of rotatable bonds is 3. The van der Waals surface area contributed by atoms with Crippen LogP contribution in [0.4, 0.5) is 0 Å². The van der Waals surface area contributed by atoms with Crippen LogP contribution in [0.25, 0.3) is 6.08 Å². The van der Waals surface area contributed by atoms with Gasteiger partial charge < -0.3 is 5.11 Å². The van der Waals surface area contributed by atoms with Crippen LogP contribution >= 0.6 is 12.2 Å². The summed E-state index contributed by atoms with van der Waals surface area (Å²) in [4.78, 5) is 12.6. The molecule has 1 atom stereocenters. The van der Waals surface area contributed by atoms with Gasteiger partial charge in [0, 0.05) is 6.20 Å². The van der Waals surface area contributed by atoms with Crippen molar-refractivity contribution >= 4 is 18.3 Å². The average molecular weight is 331 g/mol. The molecule has 2 heterocycles. The Balaban J connectivity index is 2.02. The molecule has 0 radical (unpaired) electrons. The Hall–Kier alpha value is -1.86. The Labute approximate surface area is 140 Å². The molecule has 2 aromatic rings. The van der Waals surface area contributed by atoms with Crippen LogP contribution in [0.5, 0.6) is 0 Å². The van der Waals surface area contributed by atoms with E-state index in [4.69, 9.17) is 12.2 Å². The maximum Gasteiger partial charge on any atom is 0.215 e. The van der Waals surface area contributed by atoms with E-state index in [9.17, 15) is 5.11 Å². The zero-order chi connectivity index (χ0) is 16.7. The second-order valence-corrected chi connectivity index (χ2v) is 7.06. The summed E-state index contributed by atoms with van der Waals surface area (Å²) >= 11 is 5.20. The minimum absolute atomic E-state index is 0.263. The van der Waals surface area contributed by atoms with Crippen LogP contribution in [0.15, 0.2) is 24.2 Å². The lowest BCUT2D eigenvalue weighted by molar-refractivity contribution is -0.0301. The molecule has 2 aromatic heterocycles. The van der Waals surface area contributed by atoms with Crippen LogP contribution in [0.2, 0.25) is 0 Å². The van der Waals surface area contributed by atoms with Crippen LogP contribution in [0.3, 0.4) is 0 Å². The molecule has 0 bridgehead atoms. The quantitative estimate of drug-likeness (QED) is 0.845. The fourth-order valence-electron chi connectivity index (χ4n) is 3.16. The number of aromatic nitrogens is 5. The van der Waals surface area contributed by atoms with Crippen molar-refractivity contribution in [3.8, 4) is 0 Å². The van der Waals surface area contributed by atoms with Crippen molar-refractivity contribution < 1.29 is 5.11 Å². The van der Waals surface area contributed by atoms with Gasteiger partial charge in [-0.25, -0.2) is 15.0 Å². The van der Waals surface area contributed by atoms with Crippen molar-refractivity contribution in [3.05, 3.63) is 40.5 Å². The number of hydrogen-bond donors (Lipinski definition) is 2. The molecule has 1 aliphatic carbocycles. The Kier molecular flexibility index (Phi) is 3.93. The second kappa shape index (κ2) is 5.65. The molecule has 0 spiro atoms. The lowest BCUT2D eigenvalue weighted by Crippen LogP contribution is -2.45. The van der Waals surface area contributed by atoms with Gasteiger partial charge in [-0.1, -0.05) is 13.8 Å². The van der Waals surface area contributed by atoms with Gasteiger partial charge in [-0.3, -0.25) is 9.78 Å². The first kappa shape index (κ1) is 16.0. The molecular formula is C16H21N5OS. The summed E-state index contributed by atoms with van der Waals surface area (Å²) in [5.41, 5.74) is 0.520. The van der Waals surface area contributed by atoms with Crippen molar-refractivity contribution in [1.82, 2.24) is 24.7 Å². The molecule has 23 heavy (non-hydrogen) atoms. The fourth-order valence-corrected chi connectivity index (χ4v) is 3.33. The van der Waals surface area contributed by atoms with E-state index in [1.165, 1.54) is 0 Å². The molecule has 0 aromatic carbocycles. The van der Waals surface area contributed by atoms with E-state index < -0.39 is 5.60 Å². The lowest BCUT2D eigenvalue weighted by atomic mass is 9.76. The van der Waals surface area contributed by atoms with E-state index in [1.54, 1.807) is 17.2 Å². The number of aliphatic hydroxyl groups is 1. The van der Waals surface area contributed by atoms with Gasteiger partial charge in [0.15, 0.2) is 0 Å². The largest absolute Gasteiger partial charge is 0.383 e. The van der Waals surface area contributed by atoms with E-state index in [1.807, 2.05) is 19.1 Å². The maximum atomic E-state index is 11.5. The minimum Gasteiger partial charge on any atom is -0.383 e. The fraction of sp³-hybridized carbons (Fsp3) is 0.500. The zero-order valence-electron chi connectivity index (χ0n) is 13.6. The Morgan fingerprint density at radius 1 is 1.43 bits per heavy atom. The van der Waals surface area contributed by atoms with Gasteiger partial charge in [0.05, 0.1) is 12.2 Å². The first-order valence-corrected chi connectivity index (χ1v) is 8.06. The van der Waals surface area contributed by atoms with E-state index in [0.29, 0.717) is 11.3 Å². The molecule has 7 heteroatoms. The van der Waals surface area contributed by atoms with Crippen LogP contribution in [0.1, 0.15) is 38.2 Å². The molecule has 2 N–H and O–H groups in total. The third-order valence-electron chi connectivity index (χ3n) is 4.80. The number of nitrogens with one attached hydrogen (secondary N) is 1. The highest BCUT2D eigenvalue weighted by molar-refractivity contribution is 7.71. The van der Waals surface area contributed by atoms with Gasteiger partial charge in [-0.15, -0.1) is 0 Å². The highest BCUT2D eigenvalue weighted by atomic mass is 32.1. The van der Waals surface area contributed by atoms with Crippen LogP contribution in [-0.4, -0.2) is 35.4 Å². The number of aryl methyl sites for hydroxylation is 1. The molecule has 0 saturated heterocycles. The first-order valence-electron chi connectivity index (χ1n) is 7.65. The van der Waals surface area contributed by atoms with Gasteiger partial charge in [0.2, 0.25) is 4.77 Å². The smallest absolute Gasteiger partial charge is 0.215 e. The molecule has 0 aliphatic heterocycles. The Bertz CT molecular complexity index is 807. The van der Waals surface area contributed by atoms with Crippen LogP contribution < -0.4 is 0 Å². The van der Waals surface area contributed by atoms with Gasteiger partial charge in [-0.05, 0) is 55.1 Å². The minimum atomic E-state index is -1.00. The number of hydrogen-bond acceptors (Lipinski definition) is 5. The Morgan fingerprint density at radius 2 is 2.22 bits per heavy atom. The van der Waals surface area contributed by atoms with Gasteiger partial charge >= 0.3 is 0 Å². The molecule has 3 rings (SSSR count). The standard InChI is InChI=1S/C16H21N5OS/c1-11-17-7-5-13(20-11)8-12-4-6-15(2,3)16(12,22)9-21-14(23)18-10-19-21/h5,7-8,10,22H,4,6,9H2,1-3H3,(H,18,19,23)/b12-8+. The zero-order valence-corrected chi connectivity index (χ0v) is 14.4. The number of nitrogens with zero attached hydrogens (tertiary/aromatic N) is 4. The second-order valence-electron chi connectivity index (χ2n) is 6.70. The van der Waals surface area contributed by atoms with Gasteiger partial charge in [0.1, 0.15) is 17.8 Å². The summed E-state index contributed by atoms with van der Waals surface area (Å²) in [7, 11) is 0. The highest BCUT2D eigenvalue weighted by Gasteiger charge is 2.51. The van der Waals surface area contributed by atoms with E-state index >= 15 is 0 Å². The van der Waals surface area contributed by atoms with Crippen LogP contribution in [-0.2, 0) is 6.54 Å². The summed E-state index contributed by atoms with van der Waals surface area (Å²) in [6, 6.07) is 1.85. The summed E-state index contributed by atoms with van der Waals surface area (Å²) < 4.78 is 2.15. The van der Waals surface area contributed by atoms with Crippen molar-refractivity contribution in [2.75, 3.05) is 0 Å². The number of aromatic amines is 1. The number of H-pyrrole nitrogens is 1. The summed E-state index contributed by atoms with van der Waals surface area (Å²) in [5, 5.41) is 14.5. The van der Waals surface area contributed by atoms with Crippen LogP contribution in [0, 0.1) is 17.1 Å². The summed E-state index contributed by atoms with van der Waals surface area (Å²) in [6.45, 7) is 6.38. The summed E-state index contributed by atoms with van der Waals surface area (Å²) in [5.74, 6) is 0.718. The lowest BCUT2D eigenvalue weighted by Gasteiger charge is -2.37. The highest BCUT2D eigenvalue weighted by Crippen LogP contribution is 2.50. The first-order chi connectivity index (χ1) is 10.8. The molecule has 0 amide bonds. The van der Waals surface area contributed by atoms with Crippen molar-refractivity contribution in [2.45, 2.75) is 45.8 Å². The average Bonchev–Trinajstić information content (AvgIpc) is 2.96. The van der Waals surface area contributed by atoms with E-state index in [0.717, 1.165) is 29.9 Å². The molecular weight excluding hydrogens is 310 g/mol. The van der Waals surface area contributed by atoms with E-state index in [-0.39, 0.29) is 5.41 Å². The Morgan fingerprint density at radius 3 is 2.87 bits per heavy atom. The maximum absolute atomic E-state index is 11.5. The SMILES string of the molecule is Cc1nccc(/C=C2\CCC(C)(C)C2(O)Cn2[nH]cnc2=S)n1. The predicted molar refractivity (Wildman–Crippen MR) is 90.1 cm³/mol. The third kappa shape index (κ3) is 2.86. The van der Waals surface area contributed by atoms with Gasteiger partial charge in [0.25, 0.3) is 0 Å². The van der Waals surface area contributed by atoms with E-state index in [2.05, 4.69) is 33.9 Å². The summed E-state index contributed by atoms with van der Waals surface area (Å²) in [6.07, 6.45) is 6.99. The molecule has 1 fully saturated rings. The predicted octanol–water partition coefficient (Wildman–Crippen LogP) is 2.67. The van der Waals surface area contributed by atoms with Gasteiger partial charge in [-0.2, -0.15) is 0 Å². The molecule has 122 valence electrons.